The number of benzene rings is 1. The molecule has 18 heavy (non-hydrogen) atoms. The molecule has 1 heterocycles. The number of rotatable bonds is 4. The smallest absolute Gasteiger partial charge is 0.208 e. The summed E-state index contributed by atoms with van der Waals surface area (Å²) >= 11 is 9.25. The van der Waals surface area contributed by atoms with Crippen molar-refractivity contribution in [3.05, 3.63) is 28.8 Å². The maximum atomic E-state index is 6.20. The van der Waals surface area contributed by atoms with E-state index in [9.17, 15) is 0 Å². The molecule has 0 aliphatic heterocycles. The van der Waals surface area contributed by atoms with Crippen LogP contribution in [0.5, 0.6) is 0 Å². The molecule has 0 radical (unpaired) electrons. The molecule has 0 bridgehead atoms. The zero-order valence-corrected chi connectivity index (χ0v) is 12.4. The molecule has 2 rings (SSSR count). The van der Waals surface area contributed by atoms with Crippen molar-refractivity contribution >= 4 is 39.8 Å². The van der Waals surface area contributed by atoms with Gasteiger partial charge < -0.3 is 10.6 Å². The Bertz CT molecular complexity index is 542. The lowest BCUT2D eigenvalue weighted by molar-refractivity contribution is 0.972. The second kappa shape index (κ2) is 5.88. The molecule has 1 aromatic heterocycles. The molecule has 0 aliphatic rings. The molecule has 0 spiro atoms. The van der Waals surface area contributed by atoms with E-state index in [0.717, 1.165) is 19.9 Å². The van der Waals surface area contributed by atoms with Gasteiger partial charge in [0, 0.05) is 25.5 Å². The second-order valence-corrected chi connectivity index (χ2v) is 6.47. The molecule has 1 aromatic carbocycles. The average Bonchev–Trinajstić information content (AvgIpc) is 2.80. The van der Waals surface area contributed by atoms with Crippen LogP contribution in [0.4, 0.5) is 5.13 Å². The van der Waals surface area contributed by atoms with Gasteiger partial charge in [-0.2, -0.15) is 0 Å². The molecule has 96 valence electrons. The van der Waals surface area contributed by atoms with Gasteiger partial charge in [-0.05, 0) is 17.7 Å². The Morgan fingerprint density at radius 2 is 2.17 bits per heavy atom. The van der Waals surface area contributed by atoms with Crippen LogP contribution in [0, 0.1) is 0 Å². The summed E-state index contributed by atoms with van der Waals surface area (Å²) in [5.74, 6) is 0. The number of aromatic nitrogens is 2. The fourth-order valence-electron chi connectivity index (χ4n) is 1.27. The van der Waals surface area contributed by atoms with Crippen molar-refractivity contribution < 1.29 is 0 Å². The Hall–Kier alpha value is -0.820. The normalized spacial score (nSPS) is 10.7. The summed E-state index contributed by atoms with van der Waals surface area (Å²) in [6.45, 7) is 0.494. The molecule has 0 saturated heterocycles. The average molecular weight is 301 g/mol. The highest BCUT2D eigenvalue weighted by Crippen LogP contribution is 2.36. The Morgan fingerprint density at radius 3 is 2.72 bits per heavy atom. The third kappa shape index (κ3) is 3.14. The van der Waals surface area contributed by atoms with Crippen molar-refractivity contribution in [1.29, 1.82) is 0 Å². The van der Waals surface area contributed by atoms with Crippen molar-refractivity contribution in [1.82, 2.24) is 10.2 Å². The lowest BCUT2D eigenvalue weighted by Crippen LogP contribution is -2.07. The van der Waals surface area contributed by atoms with E-state index in [0.29, 0.717) is 11.6 Å². The molecule has 4 nitrogen and oxygen atoms in total. The Labute approximate surface area is 119 Å². The van der Waals surface area contributed by atoms with Gasteiger partial charge in [0.2, 0.25) is 5.13 Å². The van der Waals surface area contributed by atoms with Crippen LogP contribution in [0.1, 0.15) is 5.56 Å². The van der Waals surface area contributed by atoms with Crippen LogP contribution in [0.3, 0.4) is 0 Å². The highest BCUT2D eigenvalue weighted by Gasteiger charge is 2.09. The highest BCUT2D eigenvalue weighted by molar-refractivity contribution is 8.01. The number of nitrogens with zero attached hydrogens (tertiary/aromatic N) is 3. The fourth-order valence-corrected chi connectivity index (χ4v) is 3.32. The standard InChI is InChI=1S/C11H13ClN4S2/c1-16(2)10-14-15-11(18-10)17-9-4-3-7(6-13)5-8(9)12/h3-5H,6,13H2,1-2H3. The predicted molar refractivity (Wildman–Crippen MR) is 77.7 cm³/mol. The Balaban J connectivity index is 2.17. The van der Waals surface area contributed by atoms with Crippen LogP contribution >= 0.6 is 34.7 Å². The molecule has 0 atom stereocenters. The molecular formula is C11H13ClN4S2. The molecule has 0 unspecified atom stereocenters. The fraction of sp³-hybridized carbons (Fsp3) is 0.273. The minimum atomic E-state index is 0.494. The van der Waals surface area contributed by atoms with Gasteiger partial charge in [-0.1, -0.05) is 40.8 Å². The number of halogens is 1. The van der Waals surface area contributed by atoms with E-state index in [-0.39, 0.29) is 0 Å². The van der Waals surface area contributed by atoms with Crippen molar-refractivity contribution in [2.45, 2.75) is 15.8 Å². The SMILES string of the molecule is CN(C)c1nnc(Sc2ccc(CN)cc2Cl)s1. The van der Waals surface area contributed by atoms with Gasteiger partial charge in [-0.3, -0.25) is 0 Å². The summed E-state index contributed by atoms with van der Waals surface area (Å²) in [4.78, 5) is 2.90. The van der Waals surface area contributed by atoms with E-state index < -0.39 is 0 Å². The van der Waals surface area contributed by atoms with Gasteiger partial charge in [0.1, 0.15) is 0 Å². The molecule has 0 amide bonds. The van der Waals surface area contributed by atoms with E-state index in [2.05, 4.69) is 10.2 Å². The van der Waals surface area contributed by atoms with Crippen LogP contribution < -0.4 is 10.6 Å². The third-order valence-corrected chi connectivity index (χ3v) is 4.85. The van der Waals surface area contributed by atoms with Gasteiger partial charge in [-0.15, -0.1) is 10.2 Å². The summed E-state index contributed by atoms with van der Waals surface area (Å²) < 4.78 is 0.876. The third-order valence-electron chi connectivity index (χ3n) is 2.21. The van der Waals surface area contributed by atoms with E-state index in [1.165, 1.54) is 23.1 Å². The number of anilines is 1. The molecule has 0 aliphatic carbocycles. The van der Waals surface area contributed by atoms with Crippen molar-refractivity contribution in [3.63, 3.8) is 0 Å². The first-order valence-corrected chi connectivity index (χ1v) is 7.28. The maximum Gasteiger partial charge on any atom is 0.208 e. The van der Waals surface area contributed by atoms with Gasteiger partial charge >= 0.3 is 0 Å². The molecule has 0 fully saturated rings. The lowest BCUT2D eigenvalue weighted by Gasteiger charge is -2.04. The van der Waals surface area contributed by atoms with E-state index in [1.807, 2.05) is 37.2 Å². The van der Waals surface area contributed by atoms with Gasteiger partial charge in [0.15, 0.2) is 4.34 Å². The Kier molecular flexibility index (Phi) is 4.45. The summed E-state index contributed by atoms with van der Waals surface area (Å²) in [7, 11) is 3.88. The number of nitrogens with two attached hydrogens (primary N) is 1. The van der Waals surface area contributed by atoms with Gasteiger partial charge in [0.05, 0.1) is 5.02 Å². The molecular weight excluding hydrogens is 288 g/mol. The van der Waals surface area contributed by atoms with Crippen LogP contribution in [-0.4, -0.2) is 24.3 Å². The lowest BCUT2D eigenvalue weighted by atomic mass is 10.2. The quantitative estimate of drug-likeness (QED) is 0.941. The molecule has 0 saturated carbocycles. The molecule has 7 heteroatoms. The molecule has 2 N–H and O–H groups in total. The predicted octanol–water partition coefficient (Wildman–Crippen LogP) is 2.87. The highest BCUT2D eigenvalue weighted by atomic mass is 35.5. The van der Waals surface area contributed by atoms with Crippen LogP contribution in [0.25, 0.3) is 0 Å². The largest absolute Gasteiger partial charge is 0.353 e. The maximum absolute atomic E-state index is 6.20. The summed E-state index contributed by atoms with van der Waals surface area (Å²) in [6, 6.07) is 5.83. The summed E-state index contributed by atoms with van der Waals surface area (Å²) in [6.07, 6.45) is 0. The number of hydrogen-bond donors (Lipinski definition) is 1. The van der Waals surface area contributed by atoms with E-state index in [1.54, 1.807) is 0 Å². The van der Waals surface area contributed by atoms with Crippen molar-refractivity contribution in [2.75, 3.05) is 19.0 Å². The van der Waals surface area contributed by atoms with Crippen LogP contribution in [0.15, 0.2) is 27.4 Å². The number of hydrogen-bond acceptors (Lipinski definition) is 6. The molecule has 2 aromatic rings. The summed E-state index contributed by atoms with van der Waals surface area (Å²) in [5.41, 5.74) is 6.59. The van der Waals surface area contributed by atoms with E-state index >= 15 is 0 Å². The zero-order valence-electron chi connectivity index (χ0n) is 10.1. The van der Waals surface area contributed by atoms with Gasteiger partial charge in [-0.25, -0.2) is 0 Å². The summed E-state index contributed by atoms with van der Waals surface area (Å²) in [5, 5.41) is 9.79. The monoisotopic (exact) mass is 300 g/mol. The van der Waals surface area contributed by atoms with Crippen molar-refractivity contribution in [2.24, 2.45) is 5.73 Å². The second-order valence-electron chi connectivity index (χ2n) is 3.82. The van der Waals surface area contributed by atoms with Crippen LogP contribution in [0.2, 0.25) is 5.02 Å². The van der Waals surface area contributed by atoms with E-state index in [4.69, 9.17) is 17.3 Å². The van der Waals surface area contributed by atoms with Crippen LogP contribution in [-0.2, 0) is 6.54 Å². The minimum Gasteiger partial charge on any atom is -0.353 e. The first-order chi connectivity index (χ1) is 8.60. The first-order valence-electron chi connectivity index (χ1n) is 5.27. The first kappa shape index (κ1) is 13.6. The minimum absolute atomic E-state index is 0.494. The van der Waals surface area contributed by atoms with Gasteiger partial charge in [0.25, 0.3) is 0 Å². The topological polar surface area (TPSA) is 55.0 Å². The zero-order chi connectivity index (χ0) is 13.1. The van der Waals surface area contributed by atoms with Crippen molar-refractivity contribution in [3.8, 4) is 0 Å². The Morgan fingerprint density at radius 1 is 1.39 bits per heavy atom.